The third kappa shape index (κ3) is 7.63. The summed E-state index contributed by atoms with van der Waals surface area (Å²) in [7, 11) is 1.48. The molecule has 0 heterocycles. The maximum atomic E-state index is 12.1. The van der Waals surface area contributed by atoms with E-state index in [1.807, 2.05) is 0 Å². The van der Waals surface area contributed by atoms with E-state index in [1.165, 1.54) is 7.11 Å². The first-order valence-electron chi connectivity index (χ1n) is 7.04. The molecule has 0 bridgehead atoms. The van der Waals surface area contributed by atoms with Crippen LogP contribution in [-0.4, -0.2) is 50.6 Å². The average molecular weight is 312 g/mol. The molecule has 1 saturated carbocycles. The molecule has 0 spiro atoms. The SMILES string of the molecule is COC(CN)CC(=O)NC1CCCC(OCC(F)(F)F)C1. The number of hydrogen-bond acceptors (Lipinski definition) is 4. The second-order valence-electron chi connectivity index (χ2n) is 5.28. The van der Waals surface area contributed by atoms with Crippen molar-refractivity contribution in [1.82, 2.24) is 5.32 Å². The molecule has 1 aliphatic carbocycles. The molecule has 0 aliphatic heterocycles. The summed E-state index contributed by atoms with van der Waals surface area (Å²) in [6.07, 6.45) is -2.49. The highest BCUT2D eigenvalue weighted by Gasteiger charge is 2.31. The Morgan fingerprint density at radius 2 is 2.14 bits per heavy atom. The second-order valence-corrected chi connectivity index (χ2v) is 5.28. The summed E-state index contributed by atoms with van der Waals surface area (Å²) in [5.41, 5.74) is 5.44. The van der Waals surface area contributed by atoms with Crippen LogP contribution in [0, 0.1) is 0 Å². The lowest BCUT2D eigenvalue weighted by atomic mass is 9.92. The summed E-state index contributed by atoms with van der Waals surface area (Å²) < 4.78 is 46.2. The molecule has 21 heavy (non-hydrogen) atoms. The van der Waals surface area contributed by atoms with Crippen molar-refractivity contribution < 1.29 is 27.4 Å². The molecule has 0 aromatic carbocycles. The van der Waals surface area contributed by atoms with Crippen LogP contribution in [0.1, 0.15) is 32.1 Å². The van der Waals surface area contributed by atoms with Gasteiger partial charge in [-0.3, -0.25) is 4.79 Å². The Kier molecular flexibility index (Phi) is 7.41. The maximum Gasteiger partial charge on any atom is 0.411 e. The minimum Gasteiger partial charge on any atom is -0.380 e. The Morgan fingerprint density at radius 3 is 2.71 bits per heavy atom. The molecule has 124 valence electrons. The molecule has 8 heteroatoms. The number of nitrogens with one attached hydrogen (secondary N) is 1. The second kappa shape index (κ2) is 8.55. The highest BCUT2D eigenvalue weighted by atomic mass is 19.4. The average Bonchev–Trinajstić information content (AvgIpc) is 2.42. The van der Waals surface area contributed by atoms with Crippen molar-refractivity contribution in [2.75, 3.05) is 20.3 Å². The predicted molar refractivity (Wildman–Crippen MR) is 70.7 cm³/mol. The molecular weight excluding hydrogens is 289 g/mol. The summed E-state index contributed by atoms with van der Waals surface area (Å²) in [6.45, 7) is -0.997. The molecule has 1 fully saturated rings. The number of hydrogen-bond donors (Lipinski definition) is 2. The summed E-state index contributed by atoms with van der Waals surface area (Å²) in [4.78, 5) is 11.8. The standard InChI is InChI=1S/C13H23F3N2O3/c1-20-11(7-17)6-12(19)18-9-3-2-4-10(5-9)21-8-13(14,15)16/h9-11H,2-8,17H2,1H3,(H,18,19). The van der Waals surface area contributed by atoms with Crippen molar-refractivity contribution in [3.8, 4) is 0 Å². The number of ether oxygens (including phenoxy) is 2. The molecule has 5 nitrogen and oxygen atoms in total. The fourth-order valence-corrected chi connectivity index (χ4v) is 2.40. The van der Waals surface area contributed by atoms with Crippen LogP contribution < -0.4 is 11.1 Å². The molecule has 0 aromatic heterocycles. The molecule has 1 rings (SSSR count). The summed E-state index contributed by atoms with van der Waals surface area (Å²) >= 11 is 0. The van der Waals surface area contributed by atoms with Gasteiger partial charge in [0.05, 0.1) is 18.6 Å². The molecule has 0 radical (unpaired) electrons. The fraction of sp³-hybridized carbons (Fsp3) is 0.923. The van der Waals surface area contributed by atoms with Crippen molar-refractivity contribution in [3.63, 3.8) is 0 Å². The van der Waals surface area contributed by atoms with Crippen LogP contribution in [0.3, 0.4) is 0 Å². The van der Waals surface area contributed by atoms with Gasteiger partial charge in [0.15, 0.2) is 0 Å². The minimum absolute atomic E-state index is 0.150. The Hall–Kier alpha value is -0.860. The molecule has 1 aliphatic rings. The number of rotatable bonds is 7. The molecular formula is C13H23F3N2O3. The van der Waals surface area contributed by atoms with Gasteiger partial charge in [0, 0.05) is 19.7 Å². The Balaban J connectivity index is 2.33. The lowest BCUT2D eigenvalue weighted by Gasteiger charge is -2.30. The van der Waals surface area contributed by atoms with Gasteiger partial charge in [0.25, 0.3) is 0 Å². The fourth-order valence-electron chi connectivity index (χ4n) is 2.40. The smallest absolute Gasteiger partial charge is 0.380 e. The van der Waals surface area contributed by atoms with Gasteiger partial charge < -0.3 is 20.5 Å². The van der Waals surface area contributed by atoms with Crippen molar-refractivity contribution in [3.05, 3.63) is 0 Å². The molecule has 1 amide bonds. The zero-order valence-electron chi connectivity index (χ0n) is 12.1. The number of alkyl halides is 3. The van der Waals surface area contributed by atoms with Crippen LogP contribution in [-0.2, 0) is 14.3 Å². The van der Waals surface area contributed by atoms with E-state index in [0.29, 0.717) is 12.8 Å². The van der Waals surface area contributed by atoms with E-state index in [2.05, 4.69) is 5.32 Å². The normalized spacial score (nSPS) is 24.6. The molecule has 0 aromatic rings. The quantitative estimate of drug-likeness (QED) is 0.744. The first kappa shape index (κ1) is 18.2. The van der Waals surface area contributed by atoms with Gasteiger partial charge in [0.2, 0.25) is 5.91 Å². The zero-order chi connectivity index (χ0) is 15.9. The van der Waals surface area contributed by atoms with Crippen LogP contribution in [0.15, 0.2) is 0 Å². The third-order valence-corrected chi connectivity index (χ3v) is 3.48. The van der Waals surface area contributed by atoms with Gasteiger partial charge >= 0.3 is 6.18 Å². The van der Waals surface area contributed by atoms with Crippen LogP contribution in [0.5, 0.6) is 0 Å². The van der Waals surface area contributed by atoms with Crippen molar-refractivity contribution in [2.24, 2.45) is 5.73 Å². The monoisotopic (exact) mass is 312 g/mol. The van der Waals surface area contributed by atoms with Gasteiger partial charge in [-0.2, -0.15) is 13.2 Å². The Labute approximate surface area is 122 Å². The van der Waals surface area contributed by atoms with E-state index >= 15 is 0 Å². The van der Waals surface area contributed by atoms with Gasteiger partial charge in [-0.1, -0.05) is 0 Å². The summed E-state index contributed by atoms with van der Waals surface area (Å²) in [5, 5.41) is 2.81. The van der Waals surface area contributed by atoms with Gasteiger partial charge in [-0.05, 0) is 25.7 Å². The van der Waals surface area contributed by atoms with E-state index in [4.69, 9.17) is 15.2 Å². The maximum absolute atomic E-state index is 12.1. The number of methoxy groups -OCH3 is 1. The minimum atomic E-state index is -4.32. The van der Waals surface area contributed by atoms with E-state index in [9.17, 15) is 18.0 Å². The first-order chi connectivity index (χ1) is 9.84. The van der Waals surface area contributed by atoms with E-state index in [0.717, 1.165) is 12.8 Å². The van der Waals surface area contributed by atoms with Crippen LogP contribution >= 0.6 is 0 Å². The van der Waals surface area contributed by atoms with Crippen molar-refractivity contribution in [1.29, 1.82) is 0 Å². The topological polar surface area (TPSA) is 73.6 Å². The molecule has 3 atom stereocenters. The lowest BCUT2D eigenvalue weighted by Crippen LogP contribution is -2.42. The van der Waals surface area contributed by atoms with E-state index < -0.39 is 18.9 Å². The summed E-state index contributed by atoms with van der Waals surface area (Å²) in [5.74, 6) is -0.200. The van der Waals surface area contributed by atoms with Crippen molar-refractivity contribution >= 4 is 5.91 Å². The summed E-state index contributed by atoms with van der Waals surface area (Å²) in [6, 6.07) is -0.153. The largest absolute Gasteiger partial charge is 0.411 e. The Bertz CT molecular complexity index is 322. The van der Waals surface area contributed by atoms with E-state index in [-0.39, 0.29) is 31.0 Å². The van der Waals surface area contributed by atoms with Crippen LogP contribution in [0.4, 0.5) is 13.2 Å². The molecule has 3 unspecified atom stereocenters. The predicted octanol–water partition coefficient (Wildman–Crippen LogP) is 1.36. The number of carbonyl (C=O) groups is 1. The van der Waals surface area contributed by atoms with Gasteiger partial charge in [0.1, 0.15) is 6.61 Å². The molecule has 3 N–H and O–H groups in total. The van der Waals surface area contributed by atoms with Crippen LogP contribution in [0.2, 0.25) is 0 Å². The van der Waals surface area contributed by atoms with E-state index in [1.54, 1.807) is 0 Å². The lowest BCUT2D eigenvalue weighted by molar-refractivity contribution is -0.188. The number of amides is 1. The van der Waals surface area contributed by atoms with Gasteiger partial charge in [-0.15, -0.1) is 0 Å². The third-order valence-electron chi connectivity index (χ3n) is 3.48. The van der Waals surface area contributed by atoms with Gasteiger partial charge in [-0.25, -0.2) is 0 Å². The molecule has 0 saturated heterocycles. The Morgan fingerprint density at radius 1 is 1.43 bits per heavy atom. The number of halogens is 3. The number of nitrogens with two attached hydrogens (primary N) is 1. The number of carbonyl (C=O) groups excluding carboxylic acids is 1. The highest BCUT2D eigenvalue weighted by molar-refractivity contribution is 5.76. The highest BCUT2D eigenvalue weighted by Crippen LogP contribution is 2.24. The van der Waals surface area contributed by atoms with Crippen LogP contribution in [0.25, 0.3) is 0 Å². The first-order valence-corrected chi connectivity index (χ1v) is 7.04. The van der Waals surface area contributed by atoms with Crippen molar-refractivity contribution in [2.45, 2.75) is 56.5 Å². The zero-order valence-corrected chi connectivity index (χ0v) is 12.1.